The fourth-order valence-electron chi connectivity index (χ4n) is 2.15. The zero-order chi connectivity index (χ0) is 15.7. The summed E-state index contributed by atoms with van der Waals surface area (Å²) in [5, 5.41) is 6.71. The number of rotatable bonds is 4. The number of nitrogens with zero attached hydrogens (tertiary/aromatic N) is 4. The van der Waals surface area contributed by atoms with Gasteiger partial charge in [0, 0.05) is 17.8 Å². The van der Waals surface area contributed by atoms with Crippen molar-refractivity contribution in [1.29, 1.82) is 0 Å². The number of nitrogens with one attached hydrogen (secondary N) is 1. The molecule has 3 aromatic heterocycles. The van der Waals surface area contributed by atoms with Gasteiger partial charge in [0.15, 0.2) is 5.65 Å². The summed E-state index contributed by atoms with van der Waals surface area (Å²) in [4.78, 5) is 8.13. The van der Waals surface area contributed by atoms with Gasteiger partial charge in [0.25, 0.3) is 0 Å². The van der Waals surface area contributed by atoms with Crippen LogP contribution >= 0.6 is 0 Å². The Kier molecular flexibility index (Phi) is 3.58. The SMILES string of the molecule is COc1ncc(F)cc1C(C)Nc1ccn2nc(F)cc2n1. The number of methoxy groups -OCH3 is 1. The van der Waals surface area contributed by atoms with E-state index in [1.807, 2.05) is 6.92 Å². The Labute approximate surface area is 124 Å². The molecule has 8 heteroatoms. The van der Waals surface area contributed by atoms with Gasteiger partial charge >= 0.3 is 0 Å². The van der Waals surface area contributed by atoms with Gasteiger partial charge in [0.1, 0.15) is 11.6 Å². The van der Waals surface area contributed by atoms with Crippen LogP contribution in [0.1, 0.15) is 18.5 Å². The number of aromatic nitrogens is 4. The lowest BCUT2D eigenvalue weighted by Crippen LogP contribution is -2.11. The standard InChI is InChI=1S/C14H13F2N5O/c1-8(10-5-9(15)7-17-14(10)22-2)18-12-3-4-21-13(19-12)6-11(16)20-21/h3-8H,1-2H3,(H,18,19). The van der Waals surface area contributed by atoms with Gasteiger partial charge in [-0.1, -0.05) is 0 Å². The molecule has 3 heterocycles. The lowest BCUT2D eigenvalue weighted by molar-refractivity contribution is 0.388. The predicted molar refractivity (Wildman–Crippen MR) is 75.7 cm³/mol. The second-order valence-corrected chi connectivity index (χ2v) is 4.70. The van der Waals surface area contributed by atoms with Gasteiger partial charge in [-0.05, 0) is 19.1 Å². The van der Waals surface area contributed by atoms with E-state index in [1.165, 1.54) is 23.8 Å². The Hall–Kier alpha value is -2.77. The molecule has 0 aliphatic rings. The zero-order valence-corrected chi connectivity index (χ0v) is 11.9. The largest absolute Gasteiger partial charge is 0.481 e. The monoisotopic (exact) mass is 305 g/mol. The van der Waals surface area contributed by atoms with E-state index in [9.17, 15) is 8.78 Å². The maximum Gasteiger partial charge on any atom is 0.235 e. The first-order valence-electron chi connectivity index (χ1n) is 6.54. The summed E-state index contributed by atoms with van der Waals surface area (Å²) in [6, 6.07) is 3.91. The van der Waals surface area contributed by atoms with Crippen LogP contribution in [0.15, 0.2) is 30.6 Å². The molecule has 0 aromatic carbocycles. The molecule has 0 aliphatic carbocycles. The summed E-state index contributed by atoms with van der Waals surface area (Å²) in [5.74, 6) is -0.219. The van der Waals surface area contributed by atoms with Crippen LogP contribution in [0.2, 0.25) is 0 Å². The number of pyridine rings is 1. The summed E-state index contributed by atoms with van der Waals surface area (Å²) in [6.45, 7) is 1.82. The molecule has 3 aromatic rings. The molecule has 22 heavy (non-hydrogen) atoms. The van der Waals surface area contributed by atoms with Crippen LogP contribution in [0.5, 0.6) is 5.88 Å². The molecule has 1 unspecified atom stereocenters. The van der Waals surface area contributed by atoms with Gasteiger partial charge < -0.3 is 10.1 Å². The molecule has 0 radical (unpaired) electrons. The van der Waals surface area contributed by atoms with E-state index < -0.39 is 11.8 Å². The zero-order valence-electron chi connectivity index (χ0n) is 11.9. The second-order valence-electron chi connectivity index (χ2n) is 4.70. The van der Waals surface area contributed by atoms with Crippen LogP contribution in [-0.4, -0.2) is 26.7 Å². The van der Waals surface area contributed by atoms with Crippen molar-refractivity contribution in [1.82, 2.24) is 19.6 Å². The van der Waals surface area contributed by atoms with Crippen molar-refractivity contribution in [3.8, 4) is 5.88 Å². The Balaban J connectivity index is 1.89. The third kappa shape index (κ3) is 2.67. The molecule has 1 N–H and O–H groups in total. The van der Waals surface area contributed by atoms with E-state index in [4.69, 9.17) is 4.74 Å². The molecule has 0 saturated heterocycles. The van der Waals surface area contributed by atoms with Crippen molar-refractivity contribution in [2.75, 3.05) is 12.4 Å². The lowest BCUT2D eigenvalue weighted by atomic mass is 10.1. The summed E-state index contributed by atoms with van der Waals surface area (Å²) in [6.07, 6.45) is 2.68. The Morgan fingerprint density at radius 2 is 2.14 bits per heavy atom. The Bertz CT molecular complexity index is 820. The van der Waals surface area contributed by atoms with Gasteiger partial charge in [-0.3, -0.25) is 0 Å². The molecule has 3 rings (SSSR count). The number of hydrogen-bond acceptors (Lipinski definition) is 5. The van der Waals surface area contributed by atoms with Gasteiger partial charge in [-0.25, -0.2) is 18.9 Å². The van der Waals surface area contributed by atoms with Gasteiger partial charge in [-0.15, -0.1) is 5.10 Å². The van der Waals surface area contributed by atoms with E-state index in [1.54, 1.807) is 12.3 Å². The third-order valence-corrected chi connectivity index (χ3v) is 3.16. The Morgan fingerprint density at radius 3 is 2.91 bits per heavy atom. The third-order valence-electron chi connectivity index (χ3n) is 3.16. The minimum Gasteiger partial charge on any atom is -0.481 e. The van der Waals surface area contributed by atoms with Crippen molar-refractivity contribution in [3.05, 3.63) is 47.9 Å². The van der Waals surface area contributed by atoms with Crippen LogP contribution in [0.3, 0.4) is 0 Å². The molecular formula is C14H13F2N5O. The highest BCUT2D eigenvalue weighted by Gasteiger charge is 2.15. The minimum absolute atomic E-state index is 0.305. The van der Waals surface area contributed by atoms with Crippen molar-refractivity contribution in [2.24, 2.45) is 0 Å². The fourth-order valence-corrected chi connectivity index (χ4v) is 2.15. The first-order valence-corrected chi connectivity index (χ1v) is 6.54. The fraction of sp³-hybridized carbons (Fsp3) is 0.214. The van der Waals surface area contributed by atoms with Gasteiger partial charge in [-0.2, -0.15) is 4.39 Å². The number of anilines is 1. The highest BCUT2D eigenvalue weighted by Crippen LogP contribution is 2.26. The Morgan fingerprint density at radius 1 is 1.32 bits per heavy atom. The second kappa shape index (κ2) is 5.55. The van der Waals surface area contributed by atoms with E-state index >= 15 is 0 Å². The molecule has 0 saturated carbocycles. The number of ether oxygens (including phenoxy) is 1. The van der Waals surface area contributed by atoms with E-state index in [0.717, 1.165) is 6.20 Å². The highest BCUT2D eigenvalue weighted by molar-refractivity contribution is 5.47. The number of fused-ring (bicyclic) bond motifs is 1. The molecule has 6 nitrogen and oxygen atoms in total. The van der Waals surface area contributed by atoms with Crippen molar-refractivity contribution in [2.45, 2.75) is 13.0 Å². The summed E-state index contributed by atoms with van der Waals surface area (Å²) in [5.41, 5.74) is 0.933. The summed E-state index contributed by atoms with van der Waals surface area (Å²) < 4.78 is 32.9. The molecule has 1 atom stereocenters. The van der Waals surface area contributed by atoms with E-state index in [2.05, 4.69) is 20.4 Å². The molecule has 0 aliphatic heterocycles. The molecule has 0 fully saturated rings. The van der Waals surface area contributed by atoms with Crippen molar-refractivity contribution in [3.63, 3.8) is 0 Å². The highest BCUT2D eigenvalue weighted by atomic mass is 19.1. The maximum atomic E-state index is 13.4. The molecule has 0 amide bonds. The average Bonchev–Trinajstić information content (AvgIpc) is 2.86. The lowest BCUT2D eigenvalue weighted by Gasteiger charge is -2.17. The number of halogens is 2. The van der Waals surface area contributed by atoms with Gasteiger partial charge in [0.2, 0.25) is 11.8 Å². The topological polar surface area (TPSA) is 64.3 Å². The smallest absolute Gasteiger partial charge is 0.235 e. The first-order chi connectivity index (χ1) is 10.6. The maximum absolute atomic E-state index is 13.4. The summed E-state index contributed by atoms with van der Waals surface area (Å²) in [7, 11) is 1.47. The average molecular weight is 305 g/mol. The molecule has 0 spiro atoms. The molecular weight excluding hydrogens is 292 g/mol. The van der Waals surface area contributed by atoms with Crippen molar-refractivity contribution >= 4 is 11.5 Å². The van der Waals surface area contributed by atoms with Crippen LogP contribution in [-0.2, 0) is 0 Å². The molecule has 114 valence electrons. The van der Waals surface area contributed by atoms with E-state index in [0.29, 0.717) is 22.9 Å². The molecule has 0 bridgehead atoms. The quantitative estimate of drug-likeness (QED) is 0.802. The summed E-state index contributed by atoms with van der Waals surface area (Å²) >= 11 is 0. The van der Waals surface area contributed by atoms with Crippen LogP contribution < -0.4 is 10.1 Å². The van der Waals surface area contributed by atoms with Crippen molar-refractivity contribution < 1.29 is 13.5 Å². The van der Waals surface area contributed by atoms with Gasteiger partial charge in [0.05, 0.1) is 19.3 Å². The normalized spacial score (nSPS) is 12.4. The van der Waals surface area contributed by atoms with Crippen LogP contribution in [0, 0.1) is 11.8 Å². The first kappa shape index (κ1) is 14.2. The predicted octanol–water partition coefficient (Wildman–Crippen LogP) is 2.58. The van der Waals surface area contributed by atoms with E-state index in [-0.39, 0.29) is 6.04 Å². The van der Waals surface area contributed by atoms with Crippen LogP contribution in [0.25, 0.3) is 5.65 Å². The number of hydrogen-bond donors (Lipinski definition) is 1. The minimum atomic E-state index is -0.603. The van der Waals surface area contributed by atoms with Crippen LogP contribution in [0.4, 0.5) is 14.6 Å².